The molecule has 0 bridgehead atoms. The van der Waals surface area contributed by atoms with Gasteiger partial charge in [0.25, 0.3) is 0 Å². The van der Waals surface area contributed by atoms with Crippen molar-refractivity contribution in [1.29, 1.82) is 0 Å². The maximum Gasteiger partial charge on any atom is 0.220 e. The topological polar surface area (TPSA) is 202 Å². The number of methoxy groups -OCH3 is 2. The van der Waals surface area contributed by atoms with Gasteiger partial charge in [0.2, 0.25) is 11.8 Å². The van der Waals surface area contributed by atoms with Crippen molar-refractivity contribution in [2.24, 2.45) is 0 Å². The van der Waals surface area contributed by atoms with Gasteiger partial charge >= 0.3 is 0 Å². The number of hydrogen-bond donors (Lipinski definition) is 6. The van der Waals surface area contributed by atoms with E-state index in [0.29, 0.717) is 92.0 Å². The number of carbonyl (C=O) groups is 2. The largest absolute Gasteiger partial charge is 0.504 e. The number of phenols is 2. The third-order valence-corrected chi connectivity index (χ3v) is 11.4. The highest BCUT2D eigenvalue weighted by Gasteiger charge is 2.29. The maximum atomic E-state index is 12.9. The summed E-state index contributed by atoms with van der Waals surface area (Å²) in [5.41, 5.74) is 3.29. The number of halogens is 2. The number of nitrogens with zero attached hydrogens (tertiary/aromatic N) is 4. The number of ether oxygens (including phenoxy) is 3. The van der Waals surface area contributed by atoms with E-state index in [0.717, 1.165) is 36.8 Å². The second-order valence-corrected chi connectivity index (χ2v) is 17.8. The van der Waals surface area contributed by atoms with E-state index in [1.165, 1.54) is 26.9 Å². The number of nitrogens with one attached hydrogen (secondary N) is 4. The molecule has 0 radical (unpaired) electrons. The highest BCUT2D eigenvalue weighted by atomic mass is 35.5. The monoisotopic (exact) mass is 926 g/mol. The minimum atomic E-state index is -0.413. The van der Waals surface area contributed by atoms with Crippen LogP contribution in [0.4, 0.5) is 23.0 Å². The lowest BCUT2D eigenvalue weighted by Crippen LogP contribution is -2.37. The molecule has 0 saturated heterocycles. The smallest absolute Gasteiger partial charge is 0.220 e. The molecular weight excluding hydrogens is 871 g/mol. The Bertz CT molecular complexity index is 2470. The number of aromatic nitrogens is 4. The summed E-state index contributed by atoms with van der Waals surface area (Å²) in [5, 5.41) is 35.6. The molecule has 2 heterocycles. The summed E-state index contributed by atoms with van der Waals surface area (Å²) < 4.78 is 17.0. The van der Waals surface area contributed by atoms with Gasteiger partial charge in [-0.25, -0.2) is 19.9 Å². The Balaban J connectivity index is 0.902. The molecule has 17 heteroatoms. The number of fused-ring (bicyclic) bond motifs is 2. The first-order chi connectivity index (χ1) is 31.0. The molecule has 2 amide bonds. The molecule has 0 atom stereocenters. The molecule has 0 spiro atoms. The van der Waals surface area contributed by atoms with E-state index in [1.807, 2.05) is 12.1 Å². The van der Waals surface area contributed by atoms with Gasteiger partial charge in [0, 0.05) is 70.3 Å². The zero-order chi connectivity index (χ0) is 46.7. The van der Waals surface area contributed by atoms with Crippen LogP contribution in [0.1, 0.15) is 90.2 Å². The fourth-order valence-electron chi connectivity index (χ4n) is 7.65. The average molecular weight is 928 g/mol. The van der Waals surface area contributed by atoms with Gasteiger partial charge in [-0.15, -0.1) is 0 Å². The summed E-state index contributed by atoms with van der Waals surface area (Å²) in [7, 11) is 2.95. The van der Waals surface area contributed by atoms with Crippen LogP contribution in [0.15, 0.2) is 73.3 Å². The normalized spacial score (nSPS) is 11.7. The van der Waals surface area contributed by atoms with Crippen molar-refractivity contribution in [3.63, 3.8) is 0 Å². The summed E-state index contributed by atoms with van der Waals surface area (Å²) in [5.74, 6) is 1.34. The minimum Gasteiger partial charge on any atom is -0.504 e. The second kappa shape index (κ2) is 21.7. The molecule has 0 saturated carbocycles. The highest BCUT2D eigenvalue weighted by molar-refractivity contribution is 6.31. The van der Waals surface area contributed by atoms with E-state index in [2.05, 4.69) is 68.9 Å². The fourth-order valence-corrected chi connectivity index (χ4v) is 8.00. The van der Waals surface area contributed by atoms with Gasteiger partial charge in [0.15, 0.2) is 23.0 Å². The Hall–Kier alpha value is -6.16. The van der Waals surface area contributed by atoms with Crippen molar-refractivity contribution >= 4 is 79.8 Å². The average Bonchev–Trinajstić information content (AvgIpc) is 3.25. The predicted octanol–water partition coefficient (Wildman–Crippen LogP) is 10.4. The fraction of sp³-hybridized carbons (Fsp3) is 0.375. The number of carbonyl (C=O) groups excluding carboxylic acids is 2. The number of unbranched alkanes of at least 4 members (excludes halogenated alkanes) is 2. The Morgan fingerprint density at radius 2 is 1.02 bits per heavy atom. The van der Waals surface area contributed by atoms with E-state index < -0.39 is 11.2 Å². The van der Waals surface area contributed by atoms with Crippen molar-refractivity contribution in [3.8, 4) is 23.0 Å². The number of aromatic hydroxyl groups is 2. The first-order valence-electron chi connectivity index (χ1n) is 21.4. The van der Waals surface area contributed by atoms with Crippen LogP contribution in [0, 0.1) is 0 Å². The van der Waals surface area contributed by atoms with Crippen LogP contribution < -0.4 is 30.7 Å². The molecule has 0 fully saturated rings. The van der Waals surface area contributed by atoms with Gasteiger partial charge in [0.1, 0.15) is 24.3 Å². The molecule has 6 aromatic rings. The van der Waals surface area contributed by atoms with Gasteiger partial charge in [-0.3, -0.25) is 9.59 Å². The predicted molar refractivity (Wildman–Crippen MR) is 255 cm³/mol. The highest BCUT2D eigenvalue weighted by Crippen LogP contribution is 2.37. The minimum absolute atomic E-state index is 0.0384. The molecule has 0 aliphatic rings. The molecule has 4 aromatic carbocycles. The second-order valence-electron chi connectivity index (χ2n) is 17.0. The maximum absolute atomic E-state index is 12.9. The molecule has 6 N–H and O–H groups in total. The zero-order valence-corrected chi connectivity index (χ0v) is 39.0. The van der Waals surface area contributed by atoms with Crippen molar-refractivity contribution in [2.75, 3.05) is 24.9 Å². The summed E-state index contributed by atoms with van der Waals surface area (Å²) in [6.45, 7) is 8.85. The Labute approximate surface area is 388 Å². The third-order valence-electron chi connectivity index (χ3n) is 10.9. The van der Waals surface area contributed by atoms with Gasteiger partial charge in [-0.2, -0.15) is 0 Å². The lowest BCUT2D eigenvalue weighted by atomic mass is 9.95. The van der Waals surface area contributed by atoms with Crippen LogP contribution in [-0.4, -0.2) is 67.4 Å². The molecule has 0 unspecified atom stereocenters. The summed E-state index contributed by atoms with van der Waals surface area (Å²) in [6, 6.07) is 17.1. The van der Waals surface area contributed by atoms with E-state index in [-0.39, 0.29) is 36.4 Å². The Kier molecular flexibility index (Phi) is 16.1. The molecule has 6 rings (SSSR count). The molecule has 2 aromatic heterocycles. The summed E-state index contributed by atoms with van der Waals surface area (Å²) in [6.07, 6.45) is 8.14. The van der Waals surface area contributed by atoms with Gasteiger partial charge < -0.3 is 45.7 Å². The van der Waals surface area contributed by atoms with E-state index in [4.69, 9.17) is 37.4 Å². The number of amides is 2. The van der Waals surface area contributed by atoms with E-state index >= 15 is 0 Å². The number of rotatable bonds is 22. The third kappa shape index (κ3) is 13.4. The van der Waals surface area contributed by atoms with Crippen molar-refractivity contribution in [3.05, 3.63) is 94.5 Å². The number of phenolic OH excluding ortho intramolecular Hbond substituents is 2. The van der Waals surface area contributed by atoms with Crippen molar-refractivity contribution in [2.45, 2.75) is 103 Å². The van der Waals surface area contributed by atoms with Gasteiger partial charge in [-0.1, -0.05) is 48.2 Å². The van der Waals surface area contributed by atoms with Crippen molar-refractivity contribution < 1.29 is 34.0 Å². The first-order valence-corrected chi connectivity index (χ1v) is 22.2. The molecule has 344 valence electrons. The first kappa shape index (κ1) is 48.3. The summed E-state index contributed by atoms with van der Waals surface area (Å²) >= 11 is 12.7. The lowest BCUT2D eigenvalue weighted by molar-refractivity contribution is -0.132. The quantitative estimate of drug-likeness (QED) is 0.0352. The molecule has 0 aliphatic carbocycles. The molecular formula is C48H56Cl2N8O7. The van der Waals surface area contributed by atoms with Crippen LogP contribution in [0.3, 0.4) is 0 Å². The van der Waals surface area contributed by atoms with Crippen LogP contribution in [0.2, 0.25) is 10.0 Å². The van der Waals surface area contributed by atoms with Gasteiger partial charge in [-0.05, 0) is 101 Å². The van der Waals surface area contributed by atoms with Crippen molar-refractivity contribution in [1.82, 2.24) is 30.6 Å². The van der Waals surface area contributed by atoms with Crippen LogP contribution in [0.25, 0.3) is 21.8 Å². The standard InChI is InChI=1S/C48H56Cl2N8O7/c1-47(2,17-9-7-11-43(61)51-25-29-13-15-31(49)19-35(29)57-45-33-21-39(59)41(63-5)23-37(33)53-27-55-45)65-48(3,4)18-10-8-12-44(62)52-26-30-14-16-32(50)20-36(30)58-46-34-22-40(60)42(64-6)24-38(34)54-28-56-46/h13-16,19-24,27-28,59-60H,7-12,17-18,25-26H2,1-6H3,(H,51,61)(H,52,62)(H,53,55,57)(H,54,56,58). The summed E-state index contributed by atoms with van der Waals surface area (Å²) in [4.78, 5) is 43.2. The molecule has 0 aliphatic heterocycles. The molecule has 65 heavy (non-hydrogen) atoms. The van der Waals surface area contributed by atoms with Crippen LogP contribution >= 0.6 is 23.2 Å². The Morgan fingerprint density at radius 3 is 1.42 bits per heavy atom. The zero-order valence-electron chi connectivity index (χ0n) is 37.5. The number of benzene rings is 4. The lowest BCUT2D eigenvalue weighted by Gasteiger charge is -2.36. The van der Waals surface area contributed by atoms with E-state index in [9.17, 15) is 19.8 Å². The number of anilines is 4. The Morgan fingerprint density at radius 1 is 0.600 bits per heavy atom. The SMILES string of the molecule is COc1cc2ncnc(Nc3cc(Cl)ccc3CNC(=O)CCCCC(C)(C)OC(C)(C)CCCCC(=O)NCc3ccc(Cl)cc3Nc3ncnc4cc(OC)c(O)cc34)c2cc1O. The molecule has 15 nitrogen and oxygen atoms in total. The number of hydrogen-bond acceptors (Lipinski definition) is 13. The van der Waals surface area contributed by atoms with Crippen LogP contribution in [-0.2, 0) is 27.4 Å². The van der Waals surface area contributed by atoms with Gasteiger partial charge in [0.05, 0.1) is 36.5 Å². The van der Waals surface area contributed by atoms with Crippen LogP contribution in [0.5, 0.6) is 23.0 Å². The van der Waals surface area contributed by atoms with E-state index in [1.54, 1.807) is 48.5 Å².